The Morgan fingerprint density at radius 1 is 1.83 bits per heavy atom. The minimum atomic E-state index is -1.24. The van der Waals surface area contributed by atoms with Crippen LogP contribution in [0.1, 0.15) is 11.0 Å². The first-order valence-electron chi connectivity index (χ1n) is 2.92. The van der Waals surface area contributed by atoms with E-state index in [0.29, 0.717) is 0 Å². The molecule has 12 heavy (non-hydrogen) atoms. The van der Waals surface area contributed by atoms with Crippen LogP contribution in [-0.2, 0) is 9.63 Å². The molecule has 64 valence electrons. The first kappa shape index (κ1) is 8.75. The van der Waals surface area contributed by atoms with Crippen molar-refractivity contribution in [1.82, 2.24) is 4.98 Å². The number of aromatic nitrogens is 1. The van der Waals surface area contributed by atoms with E-state index < -0.39 is 12.0 Å². The summed E-state index contributed by atoms with van der Waals surface area (Å²) in [5.41, 5.74) is 0. The van der Waals surface area contributed by atoms with Crippen molar-refractivity contribution in [3.05, 3.63) is 21.5 Å². The van der Waals surface area contributed by atoms with Crippen LogP contribution in [0.25, 0.3) is 0 Å². The van der Waals surface area contributed by atoms with Crippen LogP contribution in [-0.4, -0.2) is 11.0 Å². The molecule has 0 radical (unpaired) electrons. The Labute approximate surface area is 71.3 Å². The lowest BCUT2D eigenvalue weighted by atomic mass is 10.3. The summed E-state index contributed by atoms with van der Waals surface area (Å²) in [6, 6.07) is -1.24. The minimum absolute atomic E-state index is 0.278. The Kier molecular flexibility index (Phi) is 2.83. The number of nitrogens with two attached hydrogens (primary N) is 1. The first-order valence-corrected chi connectivity index (χ1v) is 3.80. The highest BCUT2D eigenvalue weighted by molar-refractivity contribution is 7.09. The van der Waals surface area contributed by atoms with Crippen molar-refractivity contribution in [3.63, 3.8) is 0 Å². The van der Waals surface area contributed by atoms with Gasteiger partial charge in [0.15, 0.2) is 0 Å². The van der Waals surface area contributed by atoms with E-state index in [-0.39, 0.29) is 5.01 Å². The molecule has 1 rings (SSSR count). The Bertz CT molecular complexity index is 273. The number of hydrogen-bond acceptors (Lipinski definition) is 7. The van der Waals surface area contributed by atoms with Gasteiger partial charge in [-0.05, 0) is 5.18 Å². The average molecular weight is 187 g/mol. The normalized spacial score (nSPS) is 12.1. The van der Waals surface area contributed by atoms with Gasteiger partial charge in [-0.2, -0.15) is 5.90 Å². The van der Waals surface area contributed by atoms with Gasteiger partial charge in [0.05, 0.1) is 0 Å². The topological polar surface area (TPSA) is 94.6 Å². The SMILES string of the molecule is NOC(=O)C(N=O)c1nccs1. The summed E-state index contributed by atoms with van der Waals surface area (Å²) in [6.07, 6.45) is 1.46. The molecular formula is C5H5N3O3S. The second kappa shape index (κ2) is 3.88. The van der Waals surface area contributed by atoms with Gasteiger partial charge in [0.1, 0.15) is 5.01 Å². The second-order valence-electron chi connectivity index (χ2n) is 1.82. The van der Waals surface area contributed by atoms with Crippen molar-refractivity contribution in [2.24, 2.45) is 11.1 Å². The molecule has 0 aromatic carbocycles. The largest absolute Gasteiger partial charge is 0.371 e. The number of thiazole rings is 1. The highest BCUT2D eigenvalue weighted by Gasteiger charge is 2.25. The Morgan fingerprint density at radius 2 is 2.58 bits per heavy atom. The molecular weight excluding hydrogens is 182 g/mol. The van der Waals surface area contributed by atoms with Gasteiger partial charge >= 0.3 is 5.97 Å². The number of hydrogen-bond donors (Lipinski definition) is 1. The summed E-state index contributed by atoms with van der Waals surface area (Å²) in [5, 5.41) is 4.45. The van der Waals surface area contributed by atoms with Gasteiger partial charge in [0.2, 0.25) is 6.04 Å². The van der Waals surface area contributed by atoms with Crippen LogP contribution in [0.3, 0.4) is 0 Å². The van der Waals surface area contributed by atoms with Crippen molar-refractivity contribution in [2.45, 2.75) is 6.04 Å². The second-order valence-corrected chi connectivity index (χ2v) is 2.74. The van der Waals surface area contributed by atoms with Crippen molar-refractivity contribution in [2.75, 3.05) is 0 Å². The van der Waals surface area contributed by atoms with Crippen LogP contribution in [0.5, 0.6) is 0 Å². The van der Waals surface area contributed by atoms with Crippen LogP contribution >= 0.6 is 11.3 Å². The smallest absolute Gasteiger partial charge is 0.360 e. The molecule has 2 N–H and O–H groups in total. The van der Waals surface area contributed by atoms with Gasteiger partial charge in [-0.15, -0.1) is 16.2 Å². The van der Waals surface area contributed by atoms with Gasteiger partial charge in [0, 0.05) is 11.6 Å². The van der Waals surface area contributed by atoms with E-state index in [1.54, 1.807) is 5.38 Å². The summed E-state index contributed by atoms with van der Waals surface area (Å²) in [4.78, 5) is 28.5. The van der Waals surface area contributed by atoms with E-state index in [2.05, 4.69) is 20.9 Å². The summed E-state index contributed by atoms with van der Waals surface area (Å²) >= 11 is 1.14. The van der Waals surface area contributed by atoms with E-state index in [9.17, 15) is 9.70 Å². The van der Waals surface area contributed by atoms with Gasteiger partial charge in [-0.1, -0.05) is 0 Å². The summed E-state index contributed by atoms with van der Waals surface area (Å²) in [5.74, 6) is 3.68. The Morgan fingerprint density at radius 3 is 3.00 bits per heavy atom. The fraction of sp³-hybridized carbons (Fsp3) is 0.200. The summed E-state index contributed by atoms with van der Waals surface area (Å²) < 4.78 is 0. The maximum atomic E-state index is 10.8. The number of carbonyl (C=O) groups is 1. The fourth-order valence-corrected chi connectivity index (χ4v) is 1.27. The molecule has 0 spiro atoms. The molecule has 0 aliphatic rings. The average Bonchev–Trinajstić information content (AvgIpc) is 2.58. The Hall–Kier alpha value is -1.34. The lowest BCUT2D eigenvalue weighted by molar-refractivity contribution is -0.145. The van der Waals surface area contributed by atoms with Gasteiger partial charge in [0.25, 0.3) is 0 Å². The summed E-state index contributed by atoms with van der Waals surface area (Å²) in [6.45, 7) is 0. The molecule has 1 aromatic rings. The molecule has 0 aliphatic carbocycles. The van der Waals surface area contributed by atoms with Crippen molar-refractivity contribution >= 4 is 17.3 Å². The lowest BCUT2D eigenvalue weighted by Gasteiger charge is -2.00. The van der Waals surface area contributed by atoms with E-state index in [1.807, 2.05) is 0 Å². The quantitative estimate of drug-likeness (QED) is 0.544. The molecule has 0 fully saturated rings. The zero-order valence-electron chi connectivity index (χ0n) is 5.84. The molecule has 1 unspecified atom stereocenters. The third-order valence-corrected chi connectivity index (χ3v) is 1.96. The van der Waals surface area contributed by atoms with E-state index in [0.717, 1.165) is 11.3 Å². The maximum Gasteiger partial charge on any atom is 0.360 e. The molecule has 0 aliphatic heterocycles. The third-order valence-electron chi connectivity index (χ3n) is 1.13. The highest BCUT2D eigenvalue weighted by atomic mass is 32.1. The zero-order valence-corrected chi connectivity index (χ0v) is 6.65. The van der Waals surface area contributed by atoms with E-state index in [4.69, 9.17) is 0 Å². The van der Waals surface area contributed by atoms with Crippen LogP contribution < -0.4 is 5.90 Å². The van der Waals surface area contributed by atoms with E-state index in [1.165, 1.54) is 6.20 Å². The maximum absolute atomic E-state index is 10.8. The number of nitrogens with zero attached hydrogens (tertiary/aromatic N) is 2. The van der Waals surface area contributed by atoms with Gasteiger partial charge in [-0.3, -0.25) is 0 Å². The zero-order chi connectivity index (χ0) is 8.97. The molecule has 1 aromatic heterocycles. The predicted octanol–water partition coefficient (Wildman–Crippen LogP) is 0.367. The molecule has 0 saturated carbocycles. The van der Waals surface area contributed by atoms with Crippen LogP contribution in [0.15, 0.2) is 16.8 Å². The molecule has 7 heteroatoms. The van der Waals surface area contributed by atoms with Crippen molar-refractivity contribution < 1.29 is 9.63 Å². The molecule has 0 bridgehead atoms. The Balaban J connectivity index is 2.83. The number of rotatable bonds is 3. The van der Waals surface area contributed by atoms with Crippen LogP contribution in [0.4, 0.5) is 0 Å². The number of nitroso groups, excluding NO2 is 1. The molecule has 1 heterocycles. The number of carbonyl (C=O) groups excluding carboxylic acids is 1. The molecule has 0 amide bonds. The standard InChI is InChI=1S/C5H5N3O3S/c6-11-5(9)3(8-10)4-7-1-2-12-4/h1-3H,6H2. The molecule has 1 atom stereocenters. The van der Waals surface area contributed by atoms with Gasteiger partial charge in [-0.25, -0.2) is 9.78 Å². The van der Waals surface area contributed by atoms with E-state index >= 15 is 0 Å². The fourth-order valence-electron chi connectivity index (χ4n) is 0.623. The third kappa shape index (κ3) is 1.63. The molecule has 6 nitrogen and oxygen atoms in total. The monoisotopic (exact) mass is 187 g/mol. The molecule has 0 saturated heterocycles. The highest BCUT2D eigenvalue weighted by Crippen LogP contribution is 2.19. The summed E-state index contributed by atoms with van der Waals surface area (Å²) in [7, 11) is 0. The van der Waals surface area contributed by atoms with Gasteiger partial charge < -0.3 is 4.84 Å². The van der Waals surface area contributed by atoms with Crippen LogP contribution in [0, 0.1) is 4.91 Å². The van der Waals surface area contributed by atoms with Crippen molar-refractivity contribution in [3.8, 4) is 0 Å². The van der Waals surface area contributed by atoms with Crippen molar-refractivity contribution in [1.29, 1.82) is 0 Å². The van der Waals surface area contributed by atoms with Crippen LogP contribution in [0.2, 0.25) is 0 Å². The lowest BCUT2D eigenvalue weighted by Crippen LogP contribution is -2.17. The minimum Gasteiger partial charge on any atom is -0.371 e. The first-order chi connectivity index (χ1) is 5.79. The predicted molar refractivity (Wildman–Crippen MR) is 40.9 cm³/mol.